The average Bonchev–Trinajstić information content (AvgIpc) is 3.11. The zero-order valence-electron chi connectivity index (χ0n) is 13.4. The summed E-state index contributed by atoms with van der Waals surface area (Å²) in [5.41, 5.74) is 2.70. The van der Waals surface area contributed by atoms with Crippen molar-refractivity contribution in [3.8, 4) is 11.4 Å². The van der Waals surface area contributed by atoms with E-state index in [1.54, 1.807) is 14.0 Å². The van der Waals surface area contributed by atoms with Crippen molar-refractivity contribution in [2.45, 2.75) is 20.5 Å². The van der Waals surface area contributed by atoms with Crippen molar-refractivity contribution in [3.63, 3.8) is 0 Å². The van der Waals surface area contributed by atoms with Crippen LogP contribution in [0.1, 0.15) is 27.5 Å². The SMILES string of the molecule is Cc1ccc(-c2noc(COC(=O)c3c(C)nn(C)c3Cl)n2)cc1. The maximum atomic E-state index is 12.1. The first kappa shape index (κ1) is 16.2. The summed E-state index contributed by atoms with van der Waals surface area (Å²) in [6, 6.07) is 7.71. The van der Waals surface area contributed by atoms with E-state index >= 15 is 0 Å². The number of nitrogens with zero attached hydrogens (tertiary/aromatic N) is 4. The van der Waals surface area contributed by atoms with Crippen LogP contribution in [0.2, 0.25) is 5.15 Å². The summed E-state index contributed by atoms with van der Waals surface area (Å²) in [6.45, 7) is 3.55. The third-order valence-corrected chi connectivity index (χ3v) is 3.89. The fourth-order valence-electron chi connectivity index (χ4n) is 2.19. The van der Waals surface area contributed by atoms with Crippen LogP contribution >= 0.6 is 11.6 Å². The minimum atomic E-state index is -0.583. The Morgan fingerprint density at radius 1 is 1.29 bits per heavy atom. The van der Waals surface area contributed by atoms with Gasteiger partial charge in [-0.15, -0.1) is 0 Å². The molecule has 0 unspecified atom stereocenters. The lowest BCUT2D eigenvalue weighted by atomic mass is 10.1. The maximum Gasteiger partial charge on any atom is 0.343 e. The van der Waals surface area contributed by atoms with Crippen molar-refractivity contribution in [1.82, 2.24) is 19.9 Å². The molecular weight excluding hydrogens is 332 g/mol. The molecule has 0 saturated heterocycles. The number of ether oxygens (including phenoxy) is 1. The molecule has 0 radical (unpaired) electrons. The molecule has 0 amide bonds. The fourth-order valence-corrected chi connectivity index (χ4v) is 2.45. The van der Waals surface area contributed by atoms with Gasteiger partial charge in [0.15, 0.2) is 6.61 Å². The van der Waals surface area contributed by atoms with Crippen molar-refractivity contribution in [2.75, 3.05) is 0 Å². The number of hydrogen-bond acceptors (Lipinski definition) is 6. The number of aryl methyl sites for hydroxylation is 3. The molecule has 0 N–H and O–H groups in total. The van der Waals surface area contributed by atoms with Crippen LogP contribution in [-0.2, 0) is 18.4 Å². The van der Waals surface area contributed by atoms with Gasteiger partial charge in [0.2, 0.25) is 5.82 Å². The molecule has 3 aromatic rings. The number of aromatic nitrogens is 4. The Morgan fingerprint density at radius 3 is 2.62 bits per heavy atom. The van der Waals surface area contributed by atoms with Crippen LogP contribution in [0.3, 0.4) is 0 Å². The molecule has 0 bridgehead atoms. The van der Waals surface area contributed by atoms with E-state index in [9.17, 15) is 4.79 Å². The summed E-state index contributed by atoms with van der Waals surface area (Å²) in [7, 11) is 1.65. The molecule has 24 heavy (non-hydrogen) atoms. The number of hydrogen-bond donors (Lipinski definition) is 0. The summed E-state index contributed by atoms with van der Waals surface area (Å²) >= 11 is 6.04. The van der Waals surface area contributed by atoms with Crippen molar-refractivity contribution >= 4 is 17.6 Å². The number of rotatable bonds is 4. The van der Waals surface area contributed by atoms with Gasteiger partial charge in [0.1, 0.15) is 10.7 Å². The average molecular weight is 347 g/mol. The first-order chi connectivity index (χ1) is 11.5. The smallest absolute Gasteiger partial charge is 0.343 e. The third-order valence-electron chi connectivity index (χ3n) is 3.46. The highest BCUT2D eigenvalue weighted by Crippen LogP contribution is 2.21. The molecule has 7 nitrogen and oxygen atoms in total. The Hall–Kier alpha value is -2.67. The number of carbonyl (C=O) groups excluding carboxylic acids is 1. The van der Waals surface area contributed by atoms with Gasteiger partial charge in [-0.3, -0.25) is 4.68 Å². The second-order valence-corrected chi connectivity index (χ2v) is 5.69. The summed E-state index contributed by atoms with van der Waals surface area (Å²) in [6.07, 6.45) is 0. The molecule has 0 fully saturated rings. The van der Waals surface area contributed by atoms with Crippen molar-refractivity contribution in [3.05, 3.63) is 52.1 Å². The fraction of sp³-hybridized carbons (Fsp3) is 0.250. The van der Waals surface area contributed by atoms with E-state index in [1.807, 2.05) is 31.2 Å². The molecular formula is C16H15ClN4O3. The Balaban J connectivity index is 1.69. The van der Waals surface area contributed by atoms with Crippen molar-refractivity contribution in [2.24, 2.45) is 7.05 Å². The standard InChI is InChI=1S/C16H15ClN4O3/c1-9-4-6-11(7-5-9)15-18-12(24-20-15)8-23-16(22)13-10(2)19-21(3)14(13)17/h4-7H,8H2,1-3H3. The van der Waals surface area contributed by atoms with Gasteiger partial charge in [-0.05, 0) is 13.8 Å². The molecule has 8 heteroatoms. The number of carbonyl (C=O) groups is 1. The molecule has 124 valence electrons. The number of benzene rings is 1. The summed E-state index contributed by atoms with van der Waals surface area (Å²) in [4.78, 5) is 16.4. The molecule has 0 saturated carbocycles. The van der Waals surface area contributed by atoms with E-state index < -0.39 is 5.97 Å². The zero-order chi connectivity index (χ0) is 17.3. The van der Waals surface area contributed by atoms with Crippen LogP contribution in [0.5, 0.6) is 0 Å². The Labute approximate surface area is 143 Å². The molecule has 2 aromatic heterocycles. The van der Waals surface area contributed by atoms with Crippen LogP contribution < -0.4 is 0 Å². The van der Waals surface area contributed by atoms with Crippen LogP contribution in [0, 0.1) is 13.8 Å². The molecule has 0 aliphatic heterocycles. The molecule has 0 aliphatic rings. The van der Waals surface area contributed by atoms with E-state index in [0.29, 0.717) is 11.5 Å². The van der Waals surface area contributed by atoms with Gasteiger partial charge in [0.25, 0.3) is 5.89 Å². The van der Waals surface area contributed by atoms with E-state index in [0.717, 1.165) is 11.1 Å². The highest BCUT2D eigenvalue weighted by Gasteiger charge is 2.21. The lowest BCUT2D eigenvalue weighted by Gasteiger charge is -2.01. The van der Waals surface area contributed by atoms with Gasteiger partial charge in [-0.2, -0.15) is 10.1 Å². The molecule has 3 rings (SSSR count). The minimum absolute atomic E-state index is 0.137. The van der Waals surface area contributed by atoms with Crippen LogP contribution in [0.4, 0.5) is 0 Å². The molecule has 2 heterocycles. The topological polar surface area (TPSA) is 83.0 Å². The van der Waals surface area contributed by atoms with Gasteiger partial charge in [0.05, 0.1) is 5.69 Å². The quantitative estimate of drug-likeness (QED) is 0.675. The predicted molar refractivity (Wildman–Crippen MR) is 86.5 cm³/mol. The van der Waals surface area contributed by atoms with Crippen LogP contribution in [-0.4, -0.2) is 25.9 Å². The van der Waals surface area contributed by atoms with Crippen LogP contribution in [0.25, 0.3) is 11.4 Å². The first-order valence-corrected chi connectivity index (χ1v) is 7.59. The molecule has 1 aromatic carbocycles. The molecule has 0 spiro atoms. The lowest BCUT2D eigenvalue weighted by molar-refractivity contribution is 0.0429. The Kier molecular flexibility index (Phi) is 4.35. The predicted octanol–water partition coefficient (Wildman–Crippen LogP) is 3.10. The highest BCUT2D eigenvalue weighted by molar-refractivity contribution is 6.32. The van der Waals surface area contributed by atoms with Gasteiger partial charge < -0.3 is 9.26 Å². The van der Waals surface area contributed by atoms with E-state index in [1.165, 1.54) is 4.68 Å². The monoisotopic (exact) mass is 346 g/mol. The van der Waals surface area contributed by atoms with E-state index in [4.69, 9.17) is 20.9 Å². The maximum absolute atomic E-state index is 12.1. The molecule has 0 aliphatic carbocycles. The van der Waals surface area contributed by atoms with Gasteiger partial charge in [-0.1, -0.05) is 46.6 Å². The summed E-state index contributed by atoms with van der Waals surface area (Å²) in [5, 5.41) is 8.18. The summed E-state index contributed by atoms with van der Waals surface area (Å²) in [5.74, 6) is 0.0638. The number of halogens is 1. The highest BCUT2D eigenvalue weighted by atomic mass is 35.5. The number of esters is 1. The lowest BCUT2D eigenvalue weighted by Crippen LogP contribution is -2.07. The van der Waals surface area contributed by atoms with E-state index in [2.05, 4.69) is 15.2 Å². The third kappa shape index (κ3) is 3.16. The van der Waals surface area contributed by atoms with Gasteiger partial charge >= 0.3 is 5.97 Å². The normalized spacial score (nSPS) is 10.8. The van der Waals surface area contributed by atoms with Crippen LogP contribution in [0.15, 0.2) is 28.8 Å². The molecule has 0 atom stereocenters. The zero-order valence-corrected chi connectivity index (χ0v) is 14.2. The second kappa shape index (κ2) is 6.45. The van der Waals surface area contributed by atoms with E-state index in [-0.39, 0.29) is 23.2 Å². The van der Waals surface area contributed by atoms with Gasteiger partial charge in [0, 0.05) is 12.6 Å². The Morgan fingerprint density at radius 2 is 2.00 bits per heavy atom. The second-order valence-electron chi connectivity index (χ2n) is 5.33. The van der Waals surface area contributed by atoms with Crippen molar-refractivity contribution in [1.29, 1.82) is 0 Å². The largest absolute Gasteiger partial charge is 0.452 e. The first-order valence-electron chi connectivity index (χ1n) is 7.21. The van der Waals surface area contributed by atoms with Gasteiger partial charge in [-0.25, -0.2) is 4.79 Å². The minimum Gasteiger partial charge on any atom is -0.452 e. The summed E-state index contributed by atoms with van der Waals surface area (Å²) < 4.78 is 11.7. The Bertz CT molecular complexity index is 883. The van der Waals surface area contributed by atoms with Crippen molar-refractivity contribution < 1.29 is 14.1 Å².